The fourth-order valence-electron chi connectivity index (χ4n) is 3.93. The minimum atomic E-state index is -3.48. The van der Waals surface area contributed by atoms with Crippen LogP contribution in [0.15, 0.2) is 54.9 Å². The predicted molar refractivity (Wildman–Crippen MR) is 133 cm³/mol. The number of nitrogens with two attached hydrogens (primary N) is 1. The fraction of sp³-hybridized carbons (Fsp3) is 0.200. The smallest absolute Gasteiger partial charge is 0.154 e. The number of hydrogen-bond acceptors (Lipinski definition) is 8. The van der Waals surface area contributed by atoms with E-state index in [1.165, 1.54) is 24.5 Å². The number of halogens is 1. The molecule has 0 amide bonds. The standard InChI is InChI=1S/C25H23FN6O2S/c1-3-35(33,34)13-20-18-11-17(26)9-10-21(18)32-23(22(20)16-7-5-4-6-8-16)15(2)31-25-19(12-27)24(28)29-14-30-25/h4-11,14-15H,3,13H2,1-2H3,(H3,28,29,30,31). The van der Waals surface area contributed by atoms with Crippen LogP contribution in [0.2, 0.25) is 0 Å². The Morgan fingerprint density at radius 2 is 1.91 bits per heavy atom. The number of nitrogens with zero attached hydrogens (tertiary/aromatic N) is 4. The number of pyridine rings is 1. The van der Waals surface area contributed by atoms with Crippen LogP contribution in [0.1, 0.15) is 36.7 Å². The summed E-state index contributed by atoms with van der Waals surface area (Å²) in [4.78, 5) is 12.8. The van der Waals surface area contributed by atoms with Crippen molar-refractivity contribution >= 4 is 32.4 Å². The number of nitrogens with one attached hydrogen (secondary N) is 1. The van der Waals surface area contributed by atoms with Gasteiger partial charge in [0.15, 0.2) is 9.84 Å². The van der Waals surface area contributed by atoms with Gasteiger partial charge in [0.2, 0.25) is 0 Å². The largest absolute Gasteiger partial charge is 0.382 e. The van der Waals surface area contributed by atoms with Gasteiger partial charge < -0.3 is 11.1 Å². The van der Waals surface area contributed by atoms with E-state index in [0.717, 1.165) is 5.56 Å². The number of benzene rings is 2. The highest BCUT2D eigenvalue weighted by Crippen LogP contribution is 2.37. The molecule has 4 rings (SSSR count). The van der Waals surface area contributed by atoms with E-state index >= 15 is 0 Å². The van der Waals surface area contributed by atoms with E-state index < -0.39 is 21.7 Å². The molecule has 1 unspecified atom stereocenters. The third-order valence-corrected chi connectivity index (χ3v) is 7.31. The zero-order valence-corrected chi connectivity index (χ0v) is 20.0. The Balaban J connectivity index is 2.01. The monoisotopic (exact) mass is 490 g/mol. The molecule has 0 saturated carbocycles. The zero-order chi connectivity index (χ0) is 25.2. The Bertz CT molecular complexity index is 1550. The molecule has 0 saturated heterocycles. The van der Waals surface area contributed by atoms with Gasteiger partial charge in [-0.2, -0.15) is 5.26 Å². The van der Waals surface area contributed by atoms with Crippen LogP contribution in [-0.2, 0) is 15.6 Å². The van der Waals surface area contributed by atoms with E-state index in [1.54, 1.807) is 6.92 Å². The van der Waals surface area contributed by atoms with Crippen LogP contribution in [0.3, 0.4) is 0 Å². The molecule has 3 N–H and O–H groups in total. The first kappa shape index (κ1) is 24.0. The summed E-state index contributed by atoms with van der Waals surface area (Å²) in [5.74, 6) is -0.551. The molecule has 0 aliphatic carbocycles. The summed E-state index contributed by atoms with van der Waals surface area (Å²) in [5.41, 5.74) is 8.70. The third-order valence-electron chi connectivity index (χ3n) is 5.70. The van der Waals surface area contributed by atoms with Crippen LogP contribution in [0.25, 0.3) is 22.0 Å². The maximum absolute atomic E-state index is 14.3. The first-order valence-corrected chi connectivity index (χ1v) is 12.7. The van der Waals surface area contributed by atoms with Gasteiger partial charge in [-0.3, -0.25) is 0 Å². The molecule has 0 bridgehead atoms. The Hall–Kier alpha value is -4.10. The number of anilines is 2. The van der Waals surface area contributed by atoms with E-state index in [1.807, 2.05) is 43.3 Å². The molecule has 0 aliphatic rings. The maximum atomic E-state index is 14.3. The van der Waals surface area contributed by atoms with Crippen LogP contribution in [0.4, 0.5) is 16.0 Å². The van der Waals surface area contributed by atoms with Crippen molar-refractivity contribution in [2.24, 2.45) is 0 Å². The molecule has 0 spiro atoms. The summed E-state index contributed by atoms with van der Waals surface area (Å²) in [5, 5.41) is 13.1. The van der Waals surface area contributed by atoms with Crippen molar-refractivity contribution in [3.63, 3.8) is 0 Å². The molecule has 35 heavy (non-hydrogen) atoms. The predicted octanol–water partition coefficient (Wildman–Crippen LogP) is 4.39. The van der Waals surface area contributed by atoms with Crippen molar-refractivity contribution in [2.75, 3.05) is 16.8 Å². The summed E-state index contributed by atoms with van der Waals surface area (Å²) in [6.07, 6.45) is 1.25. The Labute approximate surface area is 202 Å². The van der Waals surface area contributed by atoms with Gasteiger partial charge in [0.25, 0.3) is 0 Å². The van der Waals surface area contributed by atoms with E-state index in [9.17, 15) is 18.1 Å². The molecule has 8 nitrogen and oxygen atoms in total. The lowest BCUT2D eigenvalue weighted by molar-refractivity contribution is 0.596. The molecule has 2 heterocycles. The second-order valence-electron chi connectivity index (χ2n) is 8.02. The van der Waals surface area contributed by atoms with E-state index in [2.05, 4.69) is 15.3 Å². The first-order valence-electron chi connectivity index (χ1n) is 10.9. The average Bonchev–Trinajstić information content (AvgIpc) is 2.84. The van der Waals surface area contributed by atoms with Crippen molar-refractivity contribution in [1.82, 2.24) is 15.0 Å². The van der Waals surface area contributed by atoms with E-state index in [-0.39, 0.29) is 28.7 Å². The molecular weight excluding hydrogens is 467 g/mol. The molecule has 4 aromatic rings. The van der Waals surface area contributed by atoms with Crippen molar-refractivity contribution in [3.05, 3.63) is 77.5 Å². The van der Waals surface area contributed by atoms with Gasteiger partial charge >= 0.3 is 0 Å². The van der Waals surface area contributed by atoms with E-state index in [4.69, 9.17) is 10.7 Å². The lowest BCUT2D eigenvalue weighted by Gasteiger charge is -2.23. The summed E-state index contributed by atoms with van der Waals surface area (Å²) >= 11 is 0. The van der Waals surface area contributed by atoms with Crippen LogP contribution < -0.4 is 11.1 Å². The van der Waals surface area contributed by atoms with Crippen LogP contribution in [-0.4, -0.2) is 29.1 Å². The number of rotatable bonds is 7. The maximum Gasteiger partial charge on any atom is 0.154 e. The Kier molecular flexibility index (Phi) is 6.62. The minimum absolute atomic E-state index is 0.0390. The first-order chi connectivity index (χ1) is 16.7. The quantitative estimate of drug-likeness (QED) is 0.389. The van der Waals surface area contributed by atoms with Gasteiger partial charge in [-0.1, -0.05) is 37.3 Å². The SMILES string of the molecule is CCS(=O)(=O)Cc1c(-c2ccccc2)c(C(C)Nc2ncnc(N)c2C#N)nc2ccc(F)cc12. The van der Waals surface area contributed by atoms with E-state index in [0.29, 0.717) is 27.7 Å². The minimum Gasteiger partial charge on any atom is -0.382 e. The number of fused-ring (bicyclic) bond motifs is 1. The molecule has 10 heteroatoms. The average molecular weight is 491 g/mol. The second-order valence-corrected chi connectivity index (χ2v) is 10.4. The van der Waals surface area contributed by atoms with Crippen LogP contribution >= 0.6 is 0 Å². The molecule has 2 aromatic heterocycles. The van der Waals surface area contributed by atoms with Gasteiger partial charge in [0, 0.05) is 16.7 Å². The number of hydrogen-bond donors (Lipinski definition) is 2. The van der Waals surface area contributed by atoms with Crippen LogP contribution in [0.5, 0.6) is 0 Å². The fourth-order valence-corrected chi connectivity index (χ4v) is 4.87. The molecule has 0 radical (unpaired) electrons. The topological polar surface area (TPSA) is 135 Å². The molecule has 0 aliphatic heterocycles. The third kappa shape index (κ3) is 4.90. The highest BCUT2D eigenvalue weighted by Gasteiger charge is 2.25. The lowest BCUT2D eigenvalue weighted by atomic mass is 9.93. The molecular formula is C25H23FN6O2S. The summed E-state index contributed by atoms with van der Waals surface area (Å²) in [7, 11) is -3.48. The number of aromatic nitrogens is 3. The van der Waals surface area contributed by atoms with Gasteiger partial charge in [0.1, 0.15) is 35.4 Å². The van der Waals surface area contributed by atoms with Gasteiger partial charge in [-0.05, 0) is 36.2 Å². The molecule has 2 aromatic carbocycles. The summed E-state index contributed by atoms with van der Waals surface area (Å²) in [6.45, 7) is 3.40. The molecule has 178 valence electrons. The normalized spacial score (nSPS) is 12.3. The van der Waals surface area contributed by atoms with Crippen molar-refractivity contribution < 1.29 is 12.8 Å². The highest BCUT2D eigenvalue weighted by molar-refractivity contribution is 7.90. The number of sulfone groups is 1. The van der Waals surface area contributed by atoms with Gasteiger partial charge in [0.05, 0.1) is 23.0 Å². The van der Waals surface area contributed by atoms with Crippen molar-refractivity contribution in [3.8, 4) is 17.2 Å². The van der Waals surface area contributed by atoms with Crippen molar-refractivity contribution in [1.29, 1.82) is 5.26 Å². The number of nitrogen functional groups attached to an aromatic ring is 1. The van der Waals surface area contributed by atoms with Gasteiger partial charge in [-0.25, -0.2) is 27.8 Å². The zero-order valence-electron chi connectivity index (χ0n) is 19.2. The summed E-state index contributed by atoms with van der Waals surface area (Å²) < 4.78 is 39.8. The Morgan fingerprint density at radius 3 is 2.60 bits per heavy atom. The molecule has 1 atom stereocenters. The van der Waals surface area contributed by atoms with Gasteiger partial charge in [-0.15, -0.1) is 0 Å². The number of nitriles is 1. The molecule has 0 fully saturated rings. The summed E-state index contributed by atoms with van der Waals surface area (Å²) in [6, 6.07) is 14.8. The van der Waals surface area contributed by atoms with Crippen molar-refractivity contribution in [2.45, 2.75) is 25.6 Å². The second kappa shape index (κ2) is 9.64. The highest BCUT2D eigenvalue weighted by atomic mass is 32.2. The van der Waals surface area contributed by atoms with Crippen LogP contribution in [0, 0.1) is 17.1 Å². The lowest BCUT2D eigenvalue weighted by Crippen LogP contribution is -2.16. The Morgan fingerprint density at radius 1 is 1.17 bits per heavy atom.